The average Bonchev–Trinajstić information content (AvgIpc) is 3.24. The van der Waals surface area contributed by atoms with Crippen molar-refractivity contribution < 1.29 is 23.1 Å². The van der Waals surface area contributed by atoms with E-state index in [9.17, 15) is 23.1 Å². The molecule has 0 unspecified atom stereocenters. The fourth-order valence-corrected chi connectivity index (χ4v) is 3.84. The van der Waals surface area contributed by atoms with Gasteiger partial charge >= 0.3 is 0 Å². The fourth-order valence-electron chi connectivity index (χ4n) is 3.39. The summed E-state index contributed by atoms with van der Waals surface area (Å²) in [6.07, 6.45) is 3.18. The van der Waals surface area contributed by atoms with E-state index in [-0.39, 0.29) is 30.9 Å². The third kappa shape index (κ3) is 4.71. The van der Waals surface area contributed by atoms with Gasteiger partial charge in [-0.15, -0.1) is 5.10 Å². The van der Waals surface area contributed by atoms with E-state index in [1.165, 1.54) is 27.9 Å². The number of carbonyl (C=O) groups is 1. The Labute approximate surface area is 194 Å². The SMILES string of the molecule is O=C(c1ccc(F)c(F)c1Nc1ccc(I)cc1F)N1CC(O)(CNCn2ccnn2)C1. The Kier molecular flexibility index (Phi) is 6.35. The summed E-state index contributed by atoms with van der Waals surface area (Å²) >= 11 is 1.92. The predicted molar refractivity (Wildman–Crippen MR) is 118 cm³/mol. The predicted octanol–water partition coefficient (Wildman–Crippen LogP) is 2.48. The molecule has 1 aliphatic heterocycles. The lowest BCUT2D eigenvalue weighted by molar-refractivity contribution is -0.0795. The average molecular weight is 558 g/mol. The molecule has 4 rings (SSSR count). The van der Waals surface area contributed by atoms with Gasteiger partial charge < -0.3 is 15.3 Å². The number of halogens is 4. The Morgan fingerprint density at radius 2 is 1.97 bits per heavy atom. The monoisotopic (exact) mass is 558 g/mol. The van der Waals surface area contributed by atoms with E-state index in [0.29, 0.717) is 10.2 Å². The van der Waals surface area contributed by atoms with E-state index in [1.54, 1.807) is 12.3 Å². The van der Waals surface area contributed by atoms with Crippen molar-refractivity contribution in [3.8, 4) is 0 Å². The van der Waals surface area contributed by atoms with E-state index >= 15 is 0 Å². The van der Waals surface area contributed by atoms with Crippen LogP contribution in [0.2, 0.25) is 0 Å². The quantitative estimate of drug-likeness (QED) is 0.386. The second-order valence-corrected chi connectivity index (χ2v) is 8.69. The lowest BCUT2D eigenvalue weighted by Crippen LogP contribution is -2.67. The van der Waals surface area contributed by atoms with Gasteiger partial charge in [0.05, 0.1) is 42.9 Å². The third-order valence-electron chi connectivity index (χ3n) is 4.97. The van der Waals surface area contributed by atoms with Crippen LogP contribution < -0.4 is 10.6 Å². The minimum Gasteiger partial charge on any atom is -0.385 e. The number of likely N-dealkylation sites (tertiary alicyclic amines) is 1. The summed E-state index contributed by atoms with van der Waals surface area (Å²) < 4.78 is 44.8. The largest absolute Gasteiger partial charge is 0.385 e. The molecule has 0 spiro atoms. The van der Waals surface area contributed by atoms with Crippen LogP contribution in [-0.4, -0.2) is 56.1 Å². The van der Waals surface area contributed by atoms with Crippen LogP contribution in [0.1, 0.15) is 10.4 Å². The number of hydrogen-bond donors (Lipinski definition) is 3. The number of nitrogens with one attached hydrogen (secondary N) is 2. The summed E-state index contributed by atoms with van der Waals surface area (Å²) in [5.74, 6) is -3.75. The van der Waals surface area contributed by atoms with Gasteiger partial charge in [0.25, 0.3) is 5.91 Å². The van der Waals surface area contributed by atoms with Gasteiger partial charge in [-0.2, -0.15) is 0 Å². The van der Waals surface area contributed by atoms with E-state index in [4.69, 9.17) is 0 Å². The van der Waals surface area contributed by atoms with E-state index < -0.39 is 34.6 Å². The lowest BCUT2D eigenvalue weighted by atomic mass is 9.93. The Morgan fingerprint density at radius 1 is 1.19 bits per heavy atom. The van der Waals surface area contributed by atoms with E-state index in [0.717, 1.165) is 12.1 Å². The number of aliphatic hydroxyl groups is 1. The molecule has 12 heteroatoms. The fraction of sp³-hybridized carbons (Fsp3) is 0.250. The minimum absolute atomic E-state index is 0.00742. The molecule has 1 saturated heterocycles. The molecule has 0 radical (unpaired) electrons. The highest BCUT2D eigenvalue weighted by molar-refractivity contribution is 14.1. The maximum absolute atomic E-state index is 14.6. The zero-order valence-corrected chi connectivity index (χ0v) is 18.7. The molecule has 3 aromatic rings. The van der Waals surface area contributed by atoms with Crippen LogP contribution >= 0.6 is 22.6 Å². The molecule has 2 heterocycles. The lowest BCUT2D eigenvalue weighted by Gasteiger charge is -2.46. The first kappa shape index (κ1) is 22.5. The second-order valence-electron chi connectivity index (χ2n) is 7.45. The van der Waals surface area contributed by atoms with Crippen LogP contribution in [0.4, 0.5) is 24.5 Å². The van der Waals surface area contributed by atoms with Gasteiger partial charge in [0.2, 0.25) is 0 Å². The van der Waals surface area contributed by atoms with E-state index in [2.05, 4.69) is 20.9 Å². The standard InChI is InChI=1S/C20H18F3IN6O2/c21-14-3-2-13(18(17(14)23)27-16-4-1-12(24)7-15(16)22)19(31)29-9-20(32,10-29)8-25-11-30-6-5-26-28-30/h1-7,25,27,32H,8-11H2. The Bertz CT molecular complexity index is 1140. The minimum atomic E-state index is -1.29. The molecule has 0 bridgehead atoms. The van der Waals surface area contributed by atoms with Crippen molar-refractivity contribution in [1.82, 2.24) is 25.2 Å². The van der Waals surface area contributed by atoms with Crippen molar-refractivity contribution in [2.45, 2.75) is 12.3 Å². The number of nitrogens with zero attached hydrogens (tertiary/aromatic N) is 4. The number of anilines is 2. The maximum atomic E-state index is 14.6. The van der Waals surface area contributed by atoms with Gasteiger partial charge in [0, 0.05) is 16.3 Å². The van der Waals surface area contributed by atoms with Crippen molar-refractivity contribution in [1.29, 1.82) is 0 Å². The molecule has 1 aliphatic rings. The third-order valence-corrected chi connectivity index (χ3v) is 5.64. The second kappa shape index (κ2) is 9.03. The molecule has 0 saturated carbocycles. The summed E-state index contributed by atoms with van der Waals surface area (Å²) in [7, 11) is 0. The van der Waals surface area contributed by atoms with Gasteiger partial charge in [0.15, 0.2) is 11.6 Å². The summed E-state index contributed by atoms with van der Waals surface area (Å²) in [5, 5.41) is 23.5. The summed E-state index contributed by atoms with van der Waals surface area (Å²) in [5.41, 5.74) is -1.90. The molecule has 32 heavy (non-hydrogen) atoms. The van der Waals surface area contributed by atoms with Gasteiger partial charge in [-0.25, -0.2) is 17.9 Å². The van der Waals surface area contributed by atoms with Crippen molar-refractivity contribution in [2.24, 2.45) is 0 Å². The molecule has 2 aromatic carbocycles. The van der Waals surface area contributed by atoms with Crippen LogP contribution in [0, 0.1) is 21.0 Å². The molecule has 1 amide bonds. The molecule has 1 fully saturated rings. The van der Waals surface area contributed by atoms with Crippen molar-refractivity contribution >= 4 is 39.9 Å². The van der Waals surface area contributed by atoms with Crippen LogP contribution in [0.15, 0.2) is 42.7 Å². The van der Waals surface area contributed by atoms with Crippen molar-refractivity contribution in [2.75, 3.05) is 25.0 Å². The number of hydrogen-bond acceptors (Lipinski definition) is 6. The highest BCUT2D eigenvalue weighted by atomic mass is 127. The van der Waals surface area contributed by atoms with Crippen LogP contribution in [-0.2, 0) is 6.67 Å². The molecular weight excluding hydrogens is 540 g/mol. The number of β-amino-alcohol motifs (C(OH)–C–C–N with tert-alkyl or cyclic N) is 1. The molecule has 8 nitrogen and oxygen atoms in total. The maximum Gasteiger partial charge on any atom is 0.256 e. The van der Waals surface area contributed by atoms with Gasteiger partial charge in [-0.05, 0) is 52.9 Å². The molecule has 1 aromatic heterocycles. The number of aromatic nitrogens is 3. The topological polar surface area (TPSA) is 95.3 Å². The zero-order chi connectivity index (χ0) is 22.9. The Hall–Kier alpha value is -2.71. The van der Waals surface area contributed by atoms with Crippen LogP contribution in [0.25, 0.3) is 0 Å². The zero-order valence-electron chi connectivity index (χ0n) is 16.5. The molecule has 0 aliphatic carbocycles. The van der Waals surface area contributed by atoms with Crippen molar-refractivity contribution in [3.05, 3.63) is 69.3 Å². The first-order chi connectivity index (χ1) is 15.3. The van der Waals surface area contributed by atoms with Gasteiger partial charge in [-0.1, -0.05) is 5.21 Å². The normalized spacial score (nSPS) is 14.8. The summed E-state index contributed by atoms with van der Waals surface area (Å²) in [4.78, 5) is 14.2. The smallest absolute Gasteiger partial charge is 0.256 e. The highest BCUT2D eigenvalue weighted by Gasteiger charge is 2.44. The van der Waals surface area contributed by atoms with Crippen molar-refractivity contribution in [3.63, 3.8) is 0 Å². The van der Waals surface area contributed by atoms with E-state index in [1.807, 2.05) is 22.6 Å². The number of rotatable bonds is 7. The molecular formula is C20H18F3IN6O2. The molecule has 0 atom stereocenters. The summed E-state index contributed by atoms with van der Waals surface area (Å²) in [6, 6.07) is 6.16. The van der Waals surface area contributed by atoms with Crippen LogP contribution in [0.5, 0.6) is 0 Å². The molecule has 168 valence electrons. The highest BCUT2D eigenvalue weighted by Crippen LogP contribution is 2.31. The molecule has 3 N–H and O–H groups in total. The first-order valence-corrected chi connectivity index (χ1v) is 10.6. The Morgan fingerprint density at radius 3 is 2.66 bits per heavy atom. The van der Waals surface area contributed by atoms with Crippen LogP contribution in [0.3, 0.4) is 0 Å². The Balaban J connectivity index is 1.46. The van der Waals surface area contributed by atoms with Gasteiger partial charge in [-0.3, -0.25) is 10.1 Å². The van der Waals surface area contributed by atoms with Gasteiger partial charge in [0.1, 0.15) is 11.4 Å². The number of amides is 1. The number of carbonyl (C=O) groups excluding carboxylic acids is 1. The number of benzene rings is 2. The summed E-state index contributed by atoms with van der Waals surface area (Å²) in [6.45, 7) is 0.501. The first-order valence-electron chi connectivity index (χ1n) is 9.52.